The lowest BCUT2D eigenvalue weighted by Gasteiger charge is -2.26. The zero-order valence-electron chi connectivity index (χ0n) is 11.3. The maximum atomic E-state index is 12.6. The van der Waals surface area contributed by atoms with Crippen LogP contribution in [-0.4, -0.2) is 25.2 Å². The van der Waals surface area contributed by atoms with E-state index >= 15 is 0 Å². The van der Waals surface area contributed by atoms with Crippen LogP contribution in [0.15, 0.2) is 24.3 Å². The molecule has 1 fully saturated rings. The Labute approximate surface area is 120 Å². The standard InChI is InChI=1S/C14H17F3N2O2/c15-14(16,17)10-2-1-3-11(8-10)19-13(20)12(18)9-4-6-21-7-5-9/h1-3,8-9,12H,4-7,18H2,(H,19,20). The third-order valence-corrected chi connectivity index (χ3v) is 3.53. The van der Waals surface area contributed by atoms with Gasteiger partial charge in [0, 0.05) is 18.9 Å². The minimum Gasteiger partial charge on any atom is -0.381 e. The highest BCUT2D eigenvalue weighted by Crippen LogP contribution is 2.30. The van der Waals surface area contributed by atoms with Gasteiger partial charge >= 0.3 is 6.18 Å². The van der Waals surface area contributed by atoms with E-state index in [4.69, 9.17) is 10.5 Å². The molecule has 1 amide bonds. The molecule has 2 rings (SSSR count). The number of anilines is 1. The first kappa shape index (κ1) is 15.8. The smallest absolute Gasteiger partial charge is 0.381 e. The van der Waals surface area contributed by atoms with Crippen LogP contribution >= 0.6 is 0 Å². The lowest BCUT2D eigenvalue weighted by Crippen LogP contribution is -2.44. The first-order chi connectivity index (χ1) is 9.88. The largest absolute Gasteiger partial charge is 0.416 e. The number of carbonyl (C=O) groups excluding carboxylic acids is 1. The predicted octanol–water partition coefficient (Wildman–Crippen LogP) is 2.40. The highest BCUT2D eigenvalue weighted by molar-refractivity contribution is 5.94. The molecule has 1 aromatic rings. The molecule has 0 saturated carbocycles. The second-order valence-corrected chi connectivity index (χ2v) is 5.04. The van der Waals surface area contributed by atoms with Crippen LogP contribution in [0.1, 0.15) is 18.4 Å². The number of hydrogen-bond acceptors (Lipinski definition) is 3. The van der Waals surface area contributed by atoms with Crippen molar-refractivity contribution in [2.24, 2.45) is 11.7 Å². The van der Waals surface area contributed by atoms with Crippen molar-refractivity contribution in [3.63, 3.8) is 0 Å². The molecule has 116 valence electrons. The van der Waals surface area contributed by atoms with Crippen LogP contribution < -0.4 is 11.1 Å². The minimum atomic E-state index is -4.44. The van der Waals surface area contributed by atoms with Crippen LogP contribution in [0.3, 0.4) is 0 Å². The van der Waals surface area contributed by atoms with Crippen molar-refractivity contribution in [1.29, 1.82) is 0 Å². The number of alkyl halides is 3. The molecular formula is C14H17F3N2O2. The van der Waals surface area contributed by atoms with Gasteiger partial charge in [0.15, 0.2) is 0 Å². The first-order valence-corrected chi connectivity index (χ1v) is 6.69. The second kappa shape index (κ2) is 6.44. The van der Waals surface area contributed by atoms with Gasteiger partial charge in [0.05, 0.1) is 11.6 Å². The fraction of sp³-hybridized carbons (Fsp3) is 0.500. The molecule has 0 bridgehead atoms. The van der Waals surface area contributed by atoms with Gasteiger partial charge in [0.1, 0.15) is 0 Å². The zero-order valence-corrected chi connectivity index (χ0v) is 11.3. The van der Waals surface area contributed by atoms with Gasteiger partial charge in [0.2, 0.25) is 5.91 Å². The second-order valence-electron chi connectivity index (χ2n) is 5.04. The molecule has 1 saturated heterocycles. The normalized spacial score (nSPS) is 18.3. The summed E-state index contributed by atoms with van der Waals surface area (Å²) in [6.07, 6.45) is -3.09. The maximum absolute atomic E-state index is 12.6. The van der Waals surface area contributed by atoms with E-state index in [2.05, 4.69) is 5.32 Å². The molecule has 1 heterocycles. The number of carbonyl (C=O) groups is 1. The number of nitrogens with one attached hydrogen (secondary N) is 1. The summed E-state index contributed by atoms with van der Waals surface area (Å²) in [5.41, 5.74) is 5.16. The molecule has 7 heteroatoms. The summed E-state index contributed by atoms with van der Waals surface area (Å²) in [6.45, 7) is 1.10. The average molecular weight is 302 g/mol. The van der Waals surface area contributed by atoms with Gasteiger partial charge in [-0.05, 0) is 37.0 Å². The Balaban J connectivity index is 2.02. The number of nitrogens with two attached hydrogens (primary N) is 1. The molecule has 1 aliphatic heterocycles. The van der Waals surface area contributed by atoms with E-state index < -0.39 is 23.7 Å². The molecule has 1 atom stereocenters. The monoisotopic (exact) mass is 302 g/mol. The number of benzene rings is 1. The number of ether oxygens (including phenoxy) is 1. The van der Waals surface area contributed by atoms with Crippen molar-refractivity contribution in [3.05, 3.63) is 29.8 Å². The quantitative estimate of drug-likeness (QED) is 0.901. The Kier molecular flexibility index (Phi) is 4.84. The van der Waals surface area contributed by atoms with Crippen LogP contribution in [0, 0.1) is 5.92 Å². The van der Waals surface area contributed by atoms with Crippen LogP contribution in [0.5, 0.6) is 0 Å². The molecular weight excluding hydrogens is 285 g/mol. The summed E-state index contributed by atoms with van der Waals surface area (Å²) in [6, 6.07) is 3.76. The predicted molar refractivity (Wildman–Crippen MR) is 71.6 cm³/mol. The molecule has 1 aromatic carbocycles. The summed E-state index contributed by atoms with van der Waals surface area (Å²) in [4.78, 5) is 12.0. The fourth-order valence-electron chi connectivity index (χ4n) is 2.29. The van der Waals surface area contributed by atoms with E-state index in [1.165, 1.54) is 12.1 Å². The SMILES string of the molecule is NC(C(=O)Nc1cccc(C(F)(F)F)c1)C1CCOCC1. The third-order valence-electron chi connectivity index (χ3n) is 3.53. The average Bonchev–Trinajstić information content (AvgIpc) is 2.47. The topological polar surface area (TPSA) is 64.4 Å². The molecule has 1 aliphatic rings. The summed E-state index contributed by atoms with van der Waals surface area (Å²) in [5.74, 6) is -0.481. The van der Waals surface area contributed by atoms with Crippen LogP contribution in [0.25, 0.3) is 0 Å². The van der Waals surface area contributed by atoms with Crippen LogP contribution in [0.4, 0.5) is 18.9 Å². The molecule has 0 spiro atoms. The number of halogens is 3. The zero-order chi connectivity index (χ0) is 15.5. The van der Waals surface area contributed by atoms with E-state index in [9.17, 15) is 18.0 Å². The van der Waals surface area contributed by atoms with Crippen molar-refractivity contribution < 1.29 is 22.7 Å². The van der Waals surface area contributed by atoms with Gasteiger partial charge in [-0.25, -0.2) is 0 Å². The van der Waals surface area contributed by atoms with Crippen molar-refractivity contribution in [2.45, 2.75) is 25.1 Å². The van der Waals surface area contributed by atoms with Gasteiger partial charge in [-0.1, -0.05) is 6.07 Å². The van der Waals surface area contributed by atoms with Gasteiger partial charge in [-0.15, -0.1) is 0 Å². The van der Waals surface area contributed by atoms with Crippen molar-refractivity contribution in [3.8, 4) is 0 Å². The molecule has 1 unspecified atom stereocenters. The Morgan fingerprint density at radius 2 is 2.00 bits per heavy atom. The van der Waals surface area contributed by atoms with Crippen LogP contribution in [0.2, 0.25) is 0 Å². The van der Waals surface area contributed by atoms with Crippen LogP contribution in [-0.2, 0) is 15.7 Å². The van der Waals surface area contributed by atoms with Crippen molar-refractivity contribution in [1.82, 2.24) is 0 Å². The molecule has 0 radical (unpaired) electrons. The first-order valence-electron chi connectivity index (χ1n) is 6.69. The maximum Gasteiger partial charge on any atom is 0.416 e. The highest BCUT2D eigenvalue weighted by Gasteiger charge is 2.31. The minimum absolute atomic E-state index is 0.00968. The summed E-state index contributed by atoms with van der Waals surface area (Å²) < 4.78 is 43.0. The number of rotatable bonds is 3. The Morgan fingerprint density at radius 3 is 2.62 bits per heavy atom. The van der Waals surface area contributed by atoms with E-state index in [1.54, 1.807) is 0 Å². The summed E-state index contributed by atoms with van der Waals surface area (Å²) >= 11 is 0. The van der Waals surface area contributed by atoms with Crippen molar-refractivity contribution in [2.75, 3.05) is 18.5 Å². The van der Waals surface area contributed by atoms with Gasteiger partial charge < -0.3 is 15.8 Å². The van der Waals surface area contributed by atoms with E-state index in [1.807, 2.05) is 0 Å². The summed E-state index contributed by atoms with van der Waals surface area (Å²) in [7, 11) is 0. The highest BCUT2D eigenvalue weighted by atomic mass is 19.4. The van der Waals surface area contributed by atoms with E-state index in [0.717, 1.165) is 12.1 Å². The molecule has 0 aliphatic carbocycles. The molecule has 4 nitrogen and oxygen atoms in total. The molecule has 3 N–H and O–H groups in total. The van der Waals surface area contributed by atoms with Gasteiger partial charge in [-0.3, -0.25) is 4.79 Å². The Bertz CT molecular complexity index is 499. The number of amides is 1. The fourth-order valence-corrected chi connectivity index (χ4v) is 2.29. The molecule has 21 heavy (non-hydrogen) atoms. The van der Waals surface area contributed by atoms with E-state index in [0.29, 0.717) is 26.1 Å². The lowest BCUT2D eigenvalue weighted by molar-refractivity contribution is -0.137. The van der Waals surface area contributed by atoms with Gasteiger partial charge in [-0.2, -0.15) is 13.2 Å². The van der Waals surface area contributed by atoms with Gasteiger partial charge in [0.25, 0.3) is 0 Å². The third kappa shape index (κ3) is 4.18. The molecule has 0 aromatic heterocycles. The van der Waals surface area contributed by atoms with Crippen molar-refractivity contribution >= 4 is 11.6 Å². The summed E-state index contributed by atoms with van der Waals surface area (Å²) in [5, 5.41) is 2.45. The lowest BCUT2D eigenvalue weighted by atomic mass is 9.92. The Hall–Kier alpha value is -1.60. The number of hydrogen-bond donors (Lipinski definition) is 2. The Morgan fingerprint density at radius 1 is 1.33 bits per heavy atom. The van der Waals surface area contributed by atoms with E-state index in [-0.39, 0.29) is 11.6 Å².